The van der Waals surface area contributed by atoms with Crippen molar-refractivity contribution in [3.8, 4) is 11.4 Å². The molecule has 0 aliphatic carbocycles. The van der Waals surface area contributed by atoms with Crippen molar-refractivity contribution < 1.29 is 4.39 Å². The van der Waals surface area contributed by atoms with Crippen LogP contribution in [0.5, 0.6) is 0 Å². The fourth-order valence-corrected chi connectivity index (χ4v) is 5.02. The molecule has 2 bridgehead atoms. The third-order valence-corrected chi connectivity index (χ3v) is 6.29. The third-order valence-electron chi connectivity index (χ3n) is 6.29. The number of anilines is 1. The van der Waals surface area contributed by atoms with Crippen LogP contribution < -0.4 is 4.90 Å². The Hall–Kier alpha value is -2.94. The molecule has 2 unspecified atom stereocenters. The second-order valence-electron chi connectivity index (χ2n) is 8.98. The van der Waals surface area contributed by atoms with Crippen LogP contribution >= 0.6 is 0 Å². The van der Waals surface area contributed by atoms with Crippen LogP contribution in [0.3, 0.4) is 0 Å². The Morgan fingerprint density at radius 2 is 1.97 bits per heavy atom. The Balaban J connectivity index is 1.46. The first-order chi connectivity index (χ1) is 15.1. The normalized spacial score (nSPS) is 21.2. The summed E-state index contributed by atoms with van der Waals surface area (Å²) < 4.78 is 15.3. The monoisotopic (exact) mass is 422 g/mol. The van der Waals surface area contributed by atoms with Gasteiger partial charge in [0.25, 0.3) is 0 Å². The summed E-state index contributed by atoms with van der Waals surface area (Å²) in [6.07, 6.45) is 4.80. The van der Waals surface area contributed by atoms with Gasteiger partial charge in [-0.25, -0.2) is 4.39 Å². The summed E-state index contributed by atoms with van der Waals surface area (Å²) in [5, 5.41) is 22.6. The van der Waals surface area contributed by atoms with Crippen LogP contribution in [0, 0.1) is 11.7 Å². The molecule has 4 heterocycles. The first kappa shape index (κ1) is 20.0. The number of hydrogen-bond acceptors (Lipinski definition) is 7. The van der Waals surface area contributed by atoms with Crippen LogP contribution in [0.2, 0.25) is 0 Å². The highest BCUT2D eigenvalue weighted by Gasteiger charge is 2.41. The van der Waals surface area contributed by atoms with E-state index in [1.807, 2.05) is 12.1 Å². The molecule has 0 saturated carbocycles. The van der Waals surface area contributed by atoms with Gasteiger partial charge in [-0.3, -0.25) is 4.90 Å². The molecule has 2 aromatic heterocycles. The van der Waals surface area contributed by atoms with Crippen molar-refractivity contribution in [3.63, 3.8) is 0 Å². The van der Waals surface area contributed by atoms with Gasteiger partial charge in [-0.15, -0.1) is 10.2 Å². The number of tetrazole rings is 1. The first-order valence-corrected chi connectivity index (χ1v) is 10.9. The smallest absolute Gasteiger partial charge is 0.209 e. The van der Waals surface area contributed by atoms with E-state index in [1.54, 1.807) is 12.3 Å². The van der Waals surface area contributed by atoms with Crippen molar-refractivity contribution in [2.24, 2.45) is 5.92 Å². The highest BCUT2D eigenvalue weighted by Crippen LogP contribution is 2.38. The second-order valence-corrected chi connectivity index (χ2v) is 8.98. The van der Waals surface area contributed by atoms with Gasteiger partial charge in [-0.05, 0) is 60.2 Å². The average molecular weight is 423 g/mol. The van der Waals surface area contributed by atoms with Crippen LogP contribution in [0.4, 0.5) is 10.1 Å². The third kappa shape index (κ3) is 4.01. The number of aromatic amines is 1. The minimum absolute atomic E-state index is 0.288. The van der Waals surface area contributed by atoms with Gasteiger partial charge in [0.05, 0.1) is 16.9 Å². The van der Waals surface area contributed by atoms with E-state index in [9.17, 15) is 0 Å². The van der Waals surface area contributed by atoms with Gasteiger partial charge in [0.2, 0.25) is 5.82 Å². The van der Waals surface area contributed by atoms with Gasteiger partial charge in [-0.2, -0.15) is 15.4 Å². The molecule has 9 heteroatoms. The molecule has 2 fully saturated rings. The predicted molar refractivity (Wildman–Crippen MR) is 115 cm³/mol. The molecule has 0 radical (unpaired) electrons. The number of fused-ring (bicyclic) bond motifs is 2. The number of halogens is 1. The zero-order chi connectivity index (χ0) is 21.4. The summed E-state index contributed by atoms with van der Waals surface area (Å²) >= 11 is 0. The molecule has 8 nitrogen and oxygen atoms in total. The number of H-pyrrole nitrogens is 1. The Morgan fingerprint density at radius 3 is 2.61 bits per heavy atom. The van der Waals surface area contributed by atoms with Crippen molar-refractivity contribution in [1.29, 1.82) is 0 Å². The SMILES string of the molecule is CC(C)Cc1cc(F)c(-c2nn[nH]n2)c(N2CC3CCC(C2)N3Cc2cccnn2)c1. The molecule has 1 aromatic carbocycles. The fraction of sp³-hybridized carbons (Fsp3) is 0.500. The van der Waals surface area contributed by atoms with Crippen molar-refractivity contribution in [3.05, 3.63) is 47.5 Å². The van der Waals surface area contributed by atoms with E-state index in [4.69, 9.17) is 0 Å². The predicted octanol–water partition coefficient (Wildman–Crippen LogP) is 2.85. The lowest BCUT2D eigenvalue weighted by Gasteiger charge is -2.42. The lowest BCUT2D eigenvalue weighted by atomic mass is 9.98. The molecule has 0 amide bonds. The van der Waals surface area contributed by atoms with Gasteiger partial charge in [0.15, 0.2) is 0 Å². The molecular formula is C22H27FN8. The van der Waals surface area contributed by atoms with E-state index >= 15 is 4.39 Å². The molecule has 31 heavy (non-hydrogen) atoms. The van der Waals surface area contributed by atoms with Crippen molar-refractivity contribution in [2.75, 3.05) is 18.0 Å². The topological polar surface area (TPSA) is 86.7 Å². The second kappa shape index (κ2) is 8.30. The fourth-order valence-electron chi connectivity index (χ4n) is 5.02. The lowest BCUT2D eigenvalue weighted by Crippen LogP contribution is -2.53. The summed E-state index contributed by atoms with van der Waals surface area (Å²) in [4.78, 5) is 4.84. The van der Waals surface area contributed by atoms with Gasteiger partial charge < -0.3 is 4.90 Å². The molecule has 5 rings (SSSR count). The highest BCUT2D eigenvalue weighted by molar-refractivity contribution is 5.76. The molecular weight excluding hydrogens is 395 g/mol. The molecule has 0 spiro atoms. The maximum Gasteiger partial charge on any atom is 0.209 e. The first-order valence-electron chi connectivity index (χ1n) is 10.9. The van der Waals surface area contributed by atoms with Gasteiger partial charge in [0.1, 0.15) is 5.82 Å². The van der Waals surface area contributed by atoms with E-state index in [0.29, 0.717) is 29.4 Å². The number of aromatic nitrogens is 6. The molecule has 2 aliphatic rings. The summed E-state index contributed by atoms with van der Waals surface area (Å²) in [7, 11) is 0. The summed E-state index contributed by atoms with van der Waals surface area (Å²) in [6.45, 7) is 6.78. The molecule has 3 aromatic rings. The van der Waals surface area contributed by atoms with E-state index in [1.165, 1.54) is 0 Å². The van der Waals surface area contributed by atoms with Crippen LogP contribution in [0.1, 0.15) is 37.9 Å². The molecule has 2 aliphatic heterocycles. The van der Waals surface area contributed by atoms with Gasteiger partial charge in [0, 0.05) is 37.9 Å². The molecule has 162 valence electrons. The Morgan fingerprint density at radius 1 is 1.16 bits per heavy atom. The van der Waals surface area contributed by atoms with Crippen molar-refractivity contribution >= 4 is 5.69 Å². The number of hydrogen-bond donors (Lipinski definition) is 1. The lowest BCUT2D eigenvalue weighted by molar-refractivity contribution is 0.158. The average Bonchev–Trinajstić information content (AvgIpc) is 3.33. The van der Waals surface area contributed by atoms with E-state index in [2.05, 4.69) is 60.5 Å². The maximum absolute atomic E-state index is 15.3. The maximum atomic E-state index is 15.3. The Labute approximate surface area is 180 Å². The molecule has 1 N–H and O–H groups in total. The molecule has 2 saturated heterocycles. The zero-order valence-electron chi connectivity index (χ0n) is 17.9. The summed E-state index contributed by atoms with van der Waals surface area (Å²) in [6, 6.07) is 8.49. The van der Waals surface area contributed by atoms with E-state index in [0.717, 1.165) is 55.8 Å². The van der Waals surface area contributed by atoms with Crippen molar-refractivity contribution in [2.45, 2.75) is 51.7 Å². The Kier molecular flexibility index (Phi) is 5.35. The number of nitrogens with one attached hydrogen (secondary N) is 1. The van der Waals surface area contributed by atoms with Gasteiger partial charge >= 0.3 is 0 Å². The minimum atomic E-state index is -0.288. The summed E-state index contributed by atoms with van der Waals surface area (Å²) in [5.41, 5.74) is 3.30. The van der Waals surface area contributed by atoms with Gasteiger partial charge in [-0.1, -0.05) is 13.8 Å². The van der Waals surface area contributed by atoms with Crippen LogP contribution in [-0.4, -0.2) is 60.9 Å². The number of rotatable bonds is 6. The highest BCUT2D eigenvalue weighted by atomic mass is 19.1. The molecule has 2 atom stereocenters. The number of benzene rings is 1. The largest absolute Gasteiger partial charge is 0.368 e. The standard InChI is InChI=1S/C22H27FN8/c1-14(2)8-15-9-19(23)21(22-26-28-29-27-22)20(10-15)30-12-17-5-6-18(13-30)31(17)11-16-4-3-7-24-25-16/h3-4,7,9-10,14,17-18H,5-6,8,11-13H2,1-2H3,(H,26,27,28,29). The van der Waals surface area contributed by atoms with Crippen LogP contribution in [0.25, 0.3) is 11.4 Å². The number of piperazine rings is 1. The number of nitrogens with zero attached hydrogens (tertiary/aromatic N) is 7. The Bertz CT molecular complexity index is 1010. The minimum Gasteiger partial charge on any atom is -0.368 e. The van der Waals surface area contributed by atoms with Crippen LogP contribution in [-0.2, 0) is 13.0 Å². The quantitative estimate of drug-likeness (QED) is 0.654. The zero-order valence-corrected chi connectivity index (χ0v) is 17.9. The van der Waals surface area contributed by atoms with Crippen LogP contribution in [0.15, 0.2) is 30.5 Å². The van der Waals surface area contributed by atoms with Crippen molar-refractivity contribution in [1.82, 2.24) is 35.7 Å². The van der Waals surface area contributed by atoms with E-state index in [-0.39, 0.29) is 5.82 Å². The summed E-state index contributed by atoms with van der Waals surface area (Å²) in [5.74, 6) is 0.463. The van der Waals surface area contributed by atoms with E-state index < -0.39 is 0 Å².